The lowest BCUT2D eigenvalue weighted by Gasteiger charge is -2.11. The van der Waals surface area contributed by atoms with E-state index < -0.39 is 0 Å². The lowest BCUT2D eigenvalue weighted by Crippen LogP contribution is -2.24. The Morgan fingerprint density at radius 2 is 2.20 bits per heavy atom. The number of terminal acetylenes is 1. The molecule has 0 spiro atoms. The van der Waals surface area contributed by atoms with Gasteiger partial charge in [0.15, 0.2) is 0 Å². The second kappa shape index (κ2) is 6.02. The molecule has 1 aromatic carbocycles. The fraction of sp³-hybridized carbons (Fsp3) is 0.333. The lowest BCUT2D eigenvalue weighted by molar-refractivity contribution is 0.559. The van der Waals surface area contributed by atoms with Gasteiger partial charge in [-0.05, 0) is 30.7 Å². The first kappa shape index (κ1) is 12.4. The minimum Gasteiger partial charge on any atom is -0.309 e. The molecular weight excluding hydrogens is 229 g/mol. The third kappa shape index (κ3) is 4.13. The molecule has 0 radical (unpaired) electrons. The Morgan fingerprint density at radius 1 is 1.47 bits per heavy atom. The minimum atomic E-state index is 0.282. The van der Waals surface area contributed by atoms with Gasteiger partial charge in [0.25, 0.3) is 0 Å². The molecule has 3 heteroatoms. The molecule has 0 amide bonds. The lowest BCUT2D eigenvalue weighted by atomic mass is 10.2. The summed E-state index contributed by atoms with van der Waals surface area (Å²) in [5.41, 5.74) is 0.994. The van der Waals surface area contributed by atoms with E-state index in [1.807, 2.05) is 13.0 Å². The van der Waals surface area contributed by atoms with Crippen LogP contribution in [0.2, 0.25) is 10.0 Å². The van der Waals surface area contributed by atoms with Crippen molar-refractivity contribution in [3.05, 3.63) is 33.8 Å². The predicted octanol–water partition coefficient (Wildman–Crippen LogP) is 3.49. The number of hydrogen-bond acceptors (Lipinski definition) is 1. The van der Waals surface area contributed by atoms with Crippen molar-refractivity contribution in [1.29, 1.82) is 0 Å². The summed E-state index contributed by atoms with van der Waals surface area (Å²) in [6, 6.07) is 5.72. The third-order valence-electron chi connectivity index (χ3n) is 2.07. The topological polar surface area (TPSA) is 12.0 Å². The number of benzene rings is 1. The van der Waals surface area contributed by atoms with Crippen molar-refractivity contribution in [3.63, 3.8) is 0 Å². The molecule has 1 atom stereocenters. The van der Waals surface area contributed by atoms with Crippen molar-refractivity contribution in [2.24, 2.45) is 0 Å². The van der Waals surface area contributed by atoms with Crippen molar-refractivity contribution in [2.75, 3.05) is 0 Å². The summed E-state index contributed by atoms with van der Waals surface area (Å²) in [5.74, 6) is 2.61. The Labute approximate surface area is 101 Å². The van der Waals surface area contributed by atoms with Crippen LogP contribution in [0.4, 0.5) is 0 Å². The van der Waals surface area contributed by atoms with Gasteiger partial charge in [0.05, 0.1) is 0 Å². The molecule has 0 saturated heterocycles. The van der Waals surface area contributed by atoms with Gasteiger partial charge in [0, 0.05) is 29.1 Å². The fourth-order valence-electron chi connectivity index (χ4n) is 1.21. The summed E-state index contributed by atoms with van der Waals surface area (Å²) in [6.45, 7) is 2.72. The highest BCUT2D eigenvalue weighted by atomic mass is 35.5. The van der Waals surface area contributed by atoms with E-state index in [1.165, 1.54) is 0 Å². The maximum absolute atomic E-state index is 6.02. The second-order valence-electron chi connectivity index (χ2n) is 3.43. The molecule has 0 aliphatic heterocycles. The van der Waals surface area contributed by atoms with E-state index in [2.05, 4.69) is 11.2 Å². The summed E-state index contributed by atoms with van der Waals surface area (Å²) in [6.07, 6.45) is 5.92. The van der Waals surface area contributed by atoms with Crippen LogP contribution in [0.3, 0.4) is 0 Å². The Bertz CT molecular complexity index is 368. The van der Waals surface area contributed by atoms with Crippen molar-refractivity contribution < 1.29 is 0 Å². The molecule has 0 fully saturated rings. The fourth-order valence-corrected chi connectivity index (χ4v) is 1.59. The van der Waals surface area contributed by atoms with E-state index in [-0.39, 0.29) is 6.04 Å². The molecule has 0 heterocycles. The molecule has 1 N–H and O–H groups in total. The van der Waals surface area contributed by atoms with Crippen LogP contribution in [-0.4, -0.2) is 6.04 Å². The number of hydrogen-bond donors (Lipinski definition) is 1. The highest BCUT2D eigenvalue weighted by Crippen LogP contribution is 2.20. The summed E-state index contributed by atoms with van der Waals surface area (Å²) < 4.78 is 0. The first-order valence-electron chi connectivity index (χ1n) is 4.74. The van der Waals surface area contributed by atoms with Crippen molar-refractivity contribution in [1.82, 2.24) is 5.32 Å². The van der Waals surface area contributed by atoms with Crippen LogP contribution in [0.25, 0.3) is 0 Å². The van der Waals surface area contributed by atoms with Gasteiger partial charge in [-0.3, -0.25) is 0 Å². The maximum Gasteiger partial charge on any atom is 0.0451 e. The summed E-state index contributed by atoms with van der Waals surface area (Å²) in [4.78, 5) is 0. The van der Waals surface area contributed by atoms with Gasteiger partial charge in [-0.25, -0.2) is 0 Å². The van der Waals surface area contributed by atoms with Crippen LogP contribution in [0, 0.1) is 12.3 Å². The van der Waals surface area contributed by atoms with Crippen LogP contribution in [0.5, 0.6) is 0 Å². The van der Waals surface area contributed by atoms with Gasteiger partial charge in [-0.2, -0.15) is 0 Å². The highest BCUT2D eigenvalue weighted by molar-refractivity contribution is 6.33. The van der Waals surface area contributed by atoms with Crippen LogP contribution in [-0.2, 0) is 6.54 Å². The Morgan fingerprint density at radius 3 is 2.87 bits per heavy atom. The molecule has 1 unspecified atom stereocenters. The highest BCUT2D eigenvalue weighted by Gasteiger charge is 2.03. The molecule has 1 rings (SSSR count). The van der Waals surface area contributed by atoms with E-state index in [1.54, 1.807) is 12.1 Å². The molecule has 15 heavy (non-hydrogen) atoms. The SMILES string of the molecule is C#CCC(C)NCc1cc(Cl)ccc1Cl. The molecule has 1 nitrogen and oxygen atoms in total. The van der Waals surface area contributed by atoms with Gasteiger partial charge >= 0.3 is 0 Å². The van der Waals surface area contributed by atoms with E-state index in [9.17, 15) is 0 Å². The summed E-state index contributed by atoms with van der Waals surface area (Å²) >= 11 is 11.9. The summed E-state index contributed by atoms with van der Waals surface area (Å²) in [5, 5.41) is 4.70. The van der Waals surface area contributed by atoms with Crippen molar-refractivity contribution in [2.45, 2.75) is 25.9 Å². The molecule has 1 aromatic rings. The van der Waals surface area contributed by atoms with Crippen molar-refractivity contribution in [3.8, 4) is 12.3 Å². The maximum atomic E-state index is 6.02. The molecule has 0 bridgehead atoms. The van der Waals surface area contributed by atoms with E-state index in [0.29, 0.717) is 18.0 Å². The van der Waals surface area contributed by atoms with Crippen LogP contribution >= 0.6 is 23.2 Å². The normalized spacial score (nSPS) is 12.1. The van der Waals surface area contributed by atoms with E-state index in [0.717, 1.165) is 10.6 Å². The van der Waals surface area contributed by atoms with Crippen LogP contribution in [0.1, 0.15) is 18.9 Å². The molecular formula is C12H13Cl2N. The minimum absolute atomic E-state index is 0.282. The van der Waals surface area contributed by atoms with Gasteiger partial charge in [-0.15, -0.1) is 12.3 Å². The Hall–Kier alpha value is -0.680. The first-order chi connectivity index (χ1) is 7.13. The largest absolute Gasteiger partial charge is 0.309 e. The zero-order valence-electron chi connectivity index (χ0n) is 8.56. The van der Waals surface area contributed by atoms with Gasteiger partial charge in [-0.1, -0.05) is 23.2 Å². The predicted molar refractivity (Wildman–Crippen MR) is 66.2 cm³/mol. The number of nitrogens with one attached hydrogen (secondary N) is 1. The molecule has 0 saturated carbocycles. The molecule has 80 valence electrons. The zero-order chi connectivity index (χ0) is 11.3. The van der Waals surface area contributed by atoms with E-state index in [4.69, 9.17) is 29.6 Å². The van der Waals surface area contributed by atoms with Gasteiger partial charge in [0.1, 0.15) is 0 Å². The van der Waals surface area contributed by atoms with Gasteiger partial charge < -0.3 is 5.32 Å². The average Bonchev–Trinajstić information content (AvgIpc) is 2.20. The Kier molecular flexibility index (Phi) is 4.98. The standard InChI is InChI=1S/C12H13Cl2N/c1-3-4-9(2)15-8-10-7-11(13)5-6-12(10)14/h1,5-7,9,15H,4,8H2,2H3. The molecule has 0 aliphatic rings. The quantitative estimate of drug-likeness (QED) is 0.797. The summed E-state index contributed by atoms with van der Waals surface area (Å²) in [7, 11) is 0. The third-order valence-corrected chi connectivity index (χ3v) is 2.68. The van der Waals surface area contributed by atoms with Crippen LogP contribution < -0.4 is 5.32 Å². The number of halogens is 2. The first-order valence-corrected chi connectivity index (χ1v) is 5.50. The second-order valence-corrected chi connectivity index (χ2v) is 4.27. The average molecular weight is 242 g/mol. The molecule has 0 aromatic heterocycles. The smallest absolute Gasteiger partial charge is 0.0451 e. The van der Waals surface area contributed by atoms with Crippen LogP contribution in [0.15, 0.2) is 18.2 Å². The number of rotatable bonds is 4. The van der Waals surface area contributed by atoms with Crippen molar-refractivity contribution >= 4 is 23.2 Å². The molecule has 0 aliphatic carbocycles. The van der Waals surface area contributed by atoms with Gasteiger partial charge in [0.2, 0.25) is 0 Å². The Balaban J connectivity index is 2.57. The zero-order valence-corrected chi connectivity index (χ0v) is 10.1. The monoisotopic (exact) mass is 241 g/mol. The van der Waals surface area contributed by atoms with E-state index >= 15 is 0 Å².